The third-order valence-corrected chi connectivity index (χ3v) is 4.40. The van der Waals surface area contributed by atoms with E-state index in [1.54, 1.807) is 13.0 Å². The first kappa shape index (κ1) is 16.6. The fourth-order valence-electron chi connectivity index (χ4n) is 2.99. The molecule has 1 aliphatic rings. The van der Waals surface area contributed by atoms with E-state index in [4.69, 9.17) is 5.73 Å². The van der Waals surface area contributed by atoms with Crippen molar-refractivity contribution in [3.05, 3.63) is 46.9 Å². The molecule has 6 nitrogen and oxygen atoms in total. The molecule has 1 aliphatic carbocycles. The number of alkyl halides is 3. The molecule has 3 N–H and O–H groups in total. The van der Waals surface area contributed by atoms with Gasteiger partial charge in [-0.25, -0.2) is 9.37 Å². The molecule has 0 saturated heterocycles. The largest absolute Gasteiger partial charge is 0.419 e. The van der Waals surface area contributed by atoms with Gasteiger partial charge < -0.3 is 11.1 Å². The summed E-state index contributed by atoms with van der Waals surface area (Å²) >= 11 is 0. The van der Waals surface area contributed by atoms with Crippen LogP contribution >= 0.6 is 0 Å². The zero-order chi connectivity index (χ0) is 18.7. The number of anilines is 2. The van der Waals surface area contributed by atoms with Gasteiger partial charge in [0.15, 0.2) is 0 Å². The van der Waals surface area contributed by atoms with Gasteiger partial charge in [0, 0.05) is 11.8 Å². The van der Waals surface area contributed by atoms with E-state index in [0.717, 1.165) is 12.1 Å². The van der Waals surface area contributed by atoms with Crippen LogP contribution in [0.1, 0.15) is 29.7 Å². The molecule has 0 bridgehead atoms. The van der Waals surface area contributed by atoms with E-state index >= 15 is 0 Å². The first-order valence-corrected chi connectivity index (χ1v) is 7.83. The number of nitrogen functional groups attached to an aromatic ring is 1. The van der Waals surface area contributed by atoms with E-state index in [1.165, 1.54) is 10.6 Å². The van der Waals surface area contributed by atoms with Crippen molar-refractivity contribution in [2.45, 2.75) is 31.5 Å². The van der Waals surface area contributed by atoms with Crippen molar-refractivity contribution >= 4 is 17.5 Å². The second-order valence-electron chi connectivity index (χ2n) is 6.36. The van der Waals surface area contributed by atoms with Crippen LogP contribution in [0.4, 0.5) is 29.3 Å². The Kier molecular flexibility index (Phi) is 3.37. The minimum absolute atomic E-state index is 0.0524. The van der Waals surface area contributed by atoms with Crippen LogP contribution in [0, 0.1) is 12.7 Å². The van der Waals surface area contributed by atoms with Crippen LogP contribution in [0.2, 0.25) is 0 Å². The third-order valence-electron chi connectivity index (χ3n) is 4.40. The zero-order valence-corrected chi connectivity index (χ0v) is 13.6. The Morgan fingerprint density at radius 3 is 2.54 bits per heavy atom. The van der Waals surface area contributed by atoms with Crippen molar-refractivity contribution in [1.29, 1.82) is 0 Å². The number of rotatable bonds is 3. The minimum Gasteiger partial charge on any atom is -0.366 e. The van der Waals surface area contributed by atoms with Gasteiger partial charge in [0.05, 0.1) is 11.1 Å². The zero-order valence-electron chi connectivity index (χ0n) is 13.6. The summed E-state index contributed by atoms with van der Waals surface area (Å²) in [6.45, 7) is 1.77. The average Bonchev–Trinajstić information content (AvgIpc) is 3.20. The number of aromatic nitrogens is 4. The molecule has 0 spiro atoms. The summed E-state index contributed by atoms with van der Waals surface area (Å²) in [5, 5.41) is 7.30. The van der Waals surface area contributed by atoms with E-state index in [1.807, 2.05) is 0 Å². The van der Waals surface area contributed by atoms with E-state index in [9.17, 15) is 17.6 Å². The lowest BCUT2D eigenvalue weighted by Crippen LogP contribution is -2.22. The number of nitrogens with two attached hydrogens (primary N) is 1. The van der Waals surface area contributed by atoms with Gasteiger partial charge in [-0.2, -0.15) is 22.7 Å². The standard InChI is InChI=1S/C16H14F4N6/c1-8-6-12(26-14(22-8)23-13(21)25-26)24-15(4-5-15)9-2-3-10(11(17)7-9)16(18,19)20/h2-3,6-7,24H,4-5H2,1H3,(H2,21,25). The van der Waals surface area contributed by atoms with Gasteiger partial charge in [0.25, 0.3) is 5.78 Å². The summed E-state index contributed by atoms with van der Waals surface area (Å²) in [7, 11) is 0. The highest BCUT2D eigenvalue weighted by Crippen LogP contribution is 2.49. The summed E-state index contributed by atoms with van der Waals surface area (Å²) in [4.78, 5) is 8.22. The molecule has 4 rings (SSSR count). The van der Waals surface area contributed by atoms with E-state index in [2.05, 4.69) is 20.4 Å². The maximum Gasteiger partial charge on any atom is 0.419 e. The van der Waals surface area contributed by atoms with Gasteiger partial charge in [-0.05, 0) is 37.5 Å². The Balaban J connectivity index is 1.72. The van der Waals surface area contributed by atoms with E-state index < -0.39 is 23.1 Å². The molecular formula is C16H14F4N6. The lowest BCUT2D eigenvalue weighted by atomic mass is 10.0. The first-order valence-electron chi connectivity index (χ1n) is 7.83. The molecule has 26 heavy (non-hydrogen) atoms. The number of hydrogen-bond acceptors (Lipinski definition) is 5. The normalized spacial score (nSPS) is 16.0. The first-order chi connectivity index (χ1) is 12.2. The van der Waals surface area contributed by atoms with Crippen molar-refractivity contribution in [3.63, 3.8) is 0 Å². The number of benzene rings is 1. The molecule has 0 unspecified atom stereocenters. The number of halogens is 4. The van der Waals surface area contributed by atoms with Gasteiger partial charge in [-0.15, -0.1) is 5.10 Å². The Morgan fingerprint density at radius 1 is 1.19 bits per heavy atom. The number of nitrogens with zero attached hydrogens (tertiary/aromatic N) is 4. The minimum atomic E-state index is -4.72. The molecule has 3 aromatic rings. The van der Waals surface area contributed by atoms with Crippen LogP contribution in [0.15, 0.2) is 24.3 Å². The summed E-state index contributed by atoms with van der Waals surface area (Å²) in [6, 6.07) is 4.73. The van der Waals surface area contributed by atoms with Crippen LogP contribution in [-0.4, -0.2) is 19.6 Å². The lowest BCUT2D eigenvalue weighted by molar-refractivity contribution is -0.140. The SMILES string of the molecule is Cc1cc(NC2(c3ccc(C(F)(F)F)c(F)c3)CC2)n2nc(N)nc2n1. The predicted molar refractivity (Wildman–Crippen MR) is 85.9 cm³/mol. The van der Waals surface area contributed by atoms with Gasteiger partial charge in [0.2, 0.25) is 5.95 Å². The van der Waals surface area contributed by atoms with Gasteiger partial charge in [-0.1, -0.05) is 6.07 Å². The van der Waals surface area contributed by atoms with Gasteiger partial charge in [0.1, 0.15) is 11.6 Å². The second-order valence-corrected chi connectivity index (χ2v) is 6.36. The molecule has 1 saturated carbocycles. The average molecular weight is 366 g/mol. The monoisotopic (exact) mass is 366 g/mol. The maximum atomic E-state index is 14.0. The highest BCUT2D eigenvalue weighted by Gasteiger charge is 2.46. The summed E-state index contributed by atoms with van der Waals surface area (Å²) in [5.41, 5.74) is 4.79. The lowest BCUT2D eigenvalue weighted by Gasteiger charge is -2.21. The molecule has 0 amide bonds. The molecule has 0 aliphatic heterocycles. The van der Waals surface area contributed by atoms with Crippen LogP contribution in [0.25, 0.3) is 5.78 Å². The van der Waals surface area contributed by atoms with Gasteiger partial charge in [-0.3, -0.25) is 0 Å². The smallest absolute Gasteiger partial charge is 0.366 e. The second kappa shape index (κ2) is 5.29. The number of fused-ring (bicyclic) bond motifs is 1. The molecule has 10 heteroatoms. The van der Waals surface area contributed by atoms with Crippen molar-refractivity contribution in [2.75, 3.05) is 11.1 Å². The molecule has 136 valence electrons. The topological polar surface area (TPSA) is 81.1 Å². The molecule has 0 atom stereocenters. The molecule has 2 heterocycles. The van der Waals surface area contributed by atoms with Crippen molar-refractivity contribution in [2.24, 2.45) is 0 Å². The van der Waals surface area contributed by atoms with Crippen molar-refractivity contribution in [1.82, 2.24) is 19.6 Å². The van der Waals surface area contributed by atoms with E-state index in [0.29, 0.717) is 35.7 Å². The molecule has 1 aromatic carbocycles. The summed E-state index contributed by atoms with van der Waals surface area (Å²) in [5.74, 6) is -0.394. The van der Waals surface area contributed by atoms with Gasteiger partial charge >= 0.3 is 6.18 Å². The Morgan fingerprint density at radius 2 is 1.92 bits per heavy atom. The molecular weight excluding hydrogens is 352 g/mol. The third kappa shape index (κ3) is 2.71. The Hall–Kier alpha value is -2.91. The van der Waals surface area contributed by atoms with Crippen molar-refractivity contribution in [3.8, 4) is 0 Å². The van der Waals surface area contributed by atoms with Crippen LogP contribution in [0.5, 0.6) is 0 Å². The van der Waals surface area contributed by atoms with Crippen LogP contribution in [-0.2, 0) is 11.7 Å². The maximum absolute atomic E-state index is 14.0. The Bertz CT molecular complexity index is 1010. The number of hydrogen-bond donors (Lipinski definition) is 2. The predicted octanol–water partition coefficient (Wildman–Crippen LogP) is 3.27. The number of aryl methyl sites for hydroxylation is 1. The highest BCUT2D eigenvalue weighted by molar-refractivity contribution is 5.52. The summed E-state index contributed by atoms with van der Waals surface area (Å²) < 4.78 is 53.7. The molecule has 1 fully saturated rings. The highest BCUT2D eigenvalue weighted by atomic mass is 19.4. The van der Waals surface area contributed by atoms with E-state index in [-0.39, 0.29) is 5.95 Å². The fourth-order valence-corrected chi connectivity index (χ4v) is 2.99. The quantitative estimate of drug-likeness (QED) is 0.696. The van der Waals surface area contributed by atoms with Crippen molar-refractivity contribution < 1.29 is 17.6 Å². The van der Waals surface area contributed by atoms with Crippen LogP contribution in [0.3, 0.4) is 0 Å². The number of nitrogens with one attached hydrogen (secondary N) is 1. The molecule has 2 aromatic heterocycles. The van der Waals surface area contributed by atoms with Crippen LogP contribution < -0.4 is 11.1 Å². The molecule has 0 radical (unpaired) electrons. The fraction of sp³-hybridized carbons (Fsp3) is 0.312. The Labute approximate surface area is 145 Å². The summed E-state index contributed by atoms with van der Waals surface area (Å²) in [6.07, 6.45) is -3.44.